The average Bonchev–Trinajstić information content (AvgIpc) is 2.64. The standard InChI is InChI=1S/C19H19NO4/c1-23-16-7-3-13(4-8-16)19(20-15(12-21)11-18(20)22)14-5-9-17(24-2)10-6-14/h3-10,12,15,19H,11H2,1-2H3. The maximum absolute atomic E-state index is 12.2. The lowest BCUT2D eigenvalue weighted by Crippen LogP contribution is -2.55. The van der Waals surface area contributed by atoms with Crippen molar-refractivity contribution in [1.82, 2.24) is 4.90 Å². The molecule has 2 aromatic rings. The number of rotatable bonds is 6. The van der Waals surface area contributed by atoms with Crippen molar-refractivity contribution in [2.45, 2.75) is 18.5 Å². The maximum Gasteiger partial charge on any atom is 0.226 e. The summed E-state index contributed by atoms with van der Waals surface area (Å²) in [5.41, 5.74) is 1.86. The molecule has 1 amide bonds. The van der Waals surface area contributed by atoms with Gasteiger partial charge in [0.1, 0.15) is 17.8 Å². The van der Waals surface area contributed by atoms with E-state index in [0.717, 1.165) is 28.9 Å². The number of aldehydes is 1. The van der Waals surface area contributed by atoms with Gasteiger partial charge in [-0.1, -0.05) is 24.3 Å². The molecule has 24 heavy (non-hydrogen) atoms. The minimum Gasteiger partial charge on any atom is -0.497 e. The Balaban J connectivity index is 2.01. The summed E-state index contributed by atoms with van der Waals surface area (Å²) in [4.78, 5) is 25.1. The van der Waals surface area contributed by atoms with Crippen molar-refractivity contribution in [3.63, 3.8) is 0 Å². The molecule has 124 valence electrons. The summed E-state index contributed by atoms with van der Waals surface area (Å²) in [6.07, 6.45) is 1.10. The molecule has 1 unspecified atom stereocenters. The molecule has 0 aliphatic carbocycles. The van der Waals surface area contributed by atoms with Crippen molar-refractivity contribution >= 4 is 12.2 Å². The van der Waals surface area contributed by atoms with Gasteiger partial charge in [-0.05, 0) is 35.4 Å². The zero-order chi connectivity index (χ0) is 17.1. The molecule has 0 spiro atoms. The number of hydrogen-bond acceptors (Lipinski definition) is 4. The van der Waals surface area contributed by atoms with Gasteiger partial charge in [0.2, 0.25) is 5.91 Å². The minimum absolute atomic E-state index is 0.0243. The normalized spacial score (nSPS) is 16.7. The van der Waals surface area contributed by atoms with Crippen LogP contribution in [0.1, 0.15) is 23.6 Å². The Morgan fingerprint density at radius 3 is 1.75 bits per heavy atom. The number of likely N-dealkylation sites (tertiary alicyclic amines) is 1. The first-order valence-corrected chi connectivity index (χ1v) is 7.72. The molecule has 1 atom stereocenters. The highest BCUT2D eigenvalue weighted by atomic mass is 16.5. The zero-order valence-corrected chi connectivity index (χ0v) is 13.6. The Morgan fingerprint density at radius 1 is 0.958 bits per heavy atom. The van der Waals surface area contributed by atoms with Crippen molar-refractivity contribution in [2.24, 2.45) is 0 Å². The summed E-state index contributed by atoms with van der Waals surface area (Å²) in [5, 5.41) is 0. The second-order valence-electron chi connectivity index (χ2n) is 5.66. The second-order valence-corrected chi connectivity index (χ2v) is 5.66. The molecule has 5 heteroatoms. The first-order valence-electron chi connectivity index (χ1n) is 7.72. The quantitative estimate of drug-likeness (QED) is 0.605. The topological polar surface area (TPSA) is 55.8 Å². The summed E-state index contributed by atoms with van der Waals surface area (Å²) < 4.78 is 10.4. The number of nitrogens with zero attached hydrogens (tertiary/aromatic N) is 1. The fraction of sp³-hybridized carbons (Fsp3) is 0.263. The number of carbonyl (C=O) groups is 2. The molecule has 2 aromatic carbocycles. The predicted octanol–water partition coefficient (Wildman–Crippen LogP) is 2.59. The van der Waals surface area contributed by atoms with Gasteiger partial charge in [0, 0.05) is 0 Å². The molecule has 1 aliphatic rings. The number of carbonyl (C=O) groups excluding carboxylic acids is 2. The van der Waals surface area contributed by atoms with Crippen molar-refractivity contribution in [3.8, 4) is 11.5 Å². The molecule has 1 heterocycles. The van der Waals surface area contributed by atoms with Gasteiger partial charge in [0.25, 0.3) is 0 Å². The highest BCUT2D eigenvalue weighted by Crippen LogP contribution is 2.37. The summed E-state index contributed by atoms with van der Waals surface area (Å²) in [5.74, 6) is 1.46. The molecule has 0 N–H and O–H groups in total. The Kier molecular flexibility index (Phi) is 4.51. The van der Waals surface area contributed by atoms with E-state index in [-0.39, 0.29) is 24.4 Å². The fourth-order valence-corrected chi connectivity index (χ4v) is 2.99. The number of amides is 1. The van der Waals surface area contributed by atoms with E-state index in [1.807, 2.05) is 48.5 Å². The highest BCUT2D eigenvalue weighted by molar-refractivity contribution is 5.91. The van der Waals surface area contributed by atoms with E-state index in [4.69, 9.17) is 9.47 Å². The number of hydrogen-bond donors (Lipinski definition) is 0. The van der Waals surface area contributed by atoms with Crippen LogP contribution in [0, 0.1) is 0 Å². The molecule has 1 aliphatic heterocycles. The molecular weight excluding hydrogens is 306 g/mol. The van der Waals surface area contributed by atoms with Gasteiger partial charge in [0.15, 0.2) is 0 Å². The first-order chi connectivity index (χ1) is 11.7. The zero-order valence-electron chi connectivity index (χ0n) is 13.6. The fourth-order valence-electron chi connectivity index (χ4n) is 2.99. The van der Waals surface area contributed by atoms with E-state index in [2.05, 4.69) is 0 Å². The van der Waals surface area contributed by atoms with Crippen molar-refractivity contribution < 1.29 is 19.1 Å². The molecule has 1 fully saturated rings. The van der Waals surface area contributed by atoms with E-state index in [1.165, 1.54) is 0 Å². The van der Waals surface area contributed by atoms with Crippen LogP contribution in [0.3, 0.4) is 0 Å². The van der Waals surface area contributed by atoms with Crippen LogP contribution >= 0.6 is 0 Å². The summed E-state index contributed by atoms with van der Waals surface area (Å²) in [6, 6.07) is 14.4. The van der Waals surface area contributed by atoms with Gasteiger partial charge in [-0.25, -0.2) is 0 Å². The minimum atomic E-state index is -0.383. The lowest BCUT2D eigenvalue weighted by molar-refractivity contribution is -0.151. The van der Waals surface area contributed by atoms with Crippen molar-refractivity contribution in [2.75, 3.05) is 14.2 Å². The van der Waals surface area contributed by atoms with Gasteiger partial charge in [0.05, 0.1) is 32.7 Å². The lowest BCUT2D eigenvalue weighted by Gasteiger charge is -2.43. The summed E-state index contributed by atoms with van der Waals surface area (Å²) in [7, 11) is 3.22. The molecule has 3 rings (SSSR count). The smallest absolute Gasteiger partial charge is 0.226 e. The van der Waals surface area contributed by atoms with Crippen LogP contribution in [-0.4, -0.2) is 37.4 Å². The van der Waals surface area contributed by atoms with E-state index in [1.54, 1.807) is 19.1 Å². The third kappa shape index (κ3) is 2.85. The SMILES string of the molecule is COc1ccc(C(c2ccc(OC)cc2)N2C(=O)CC2C=O)cc1. The van der Waals surface area contributed by atoms with Crippen LogP contribution in [-0.2, 0) is 9.59 Å². The number of methoxy groups -OCH3 is 2. The van der Waals surface area contributed by atoms with E-state index < -0.39 is 0 Å². The summed E-state index contributed by atoms with van der Waals surface area (Å²) >= 11 is 0. The molecular formula is C19H19NO4. The Hall–Kier alpha value is -2.82. The first kappa shape index (κ1) is 16.1. The Bertz CT molecular complexity index is 677. The van der Waals surface area contributed by atoms with Crippen LogP contribution in [0.15, 0.2) is 48.5 Å². The van der Waals surface area contributed by atoms with Gasteiger partial charge in [-0.2, -0.15) is 0 Å². The Morgan fingerprint density at radius 2 is 1.42 bits per heavy atom. The average molecular weight is 325 g/mol. The second kappa shape index (κ2) is 6.74. The summed E-state index contributed by atoms with van der Waals surface area (Å²) in [6.45, 7) is 0. The largest absolute Gasteiger partial charge is 0.497 e. The molecule has 0 radical (unpaired) electrons. The molecule has 0 aromatic heterocycles. The predicted molar refractivity (Wildman–Crippen MR) is 89.1 cm³/mol. The van der Waals surface area contributed by atoms with Crippen LogP contribution in [0.2, 0.25) is 0 Å². The molecule has 0 saturated carbocycles. The molecule has 5 nitrogen and oxygen atoms in total. The Labute approximate surface area is 140 Å². The highest BCUT2D eigenvalue weighted by Gasteiger charge is 2.41. The van der Waals surface area contributed by atoms with E-state index >= 15 is 0 Å². The third-order valence-corrected chi connectivity index (χ3v) is 4.33. The van der Waals surface area contributed by atoms with Crippen LogP contribution in [0.4, 0.5) is 0 Å². The van der Waals surface area contributed by atoms with Gasteiger partial charge in [-0.3, -0.25) is 4.79 Å². The van der Waals surface area contributed by atoms with E-state index in [0.29, 0.717) is 0 Å². The monoisotopic (exact) mass is 325 g/mol. The van der Waals surface area contributed by atoms with E-state index in [9.17, 15) is 9.59 Å². The molecule has 1 saturated heterocycles. The van der Waals surface area contributed by atoms with Gasteiger partial charge >= 0.3 is 0 Å². The number of β-lactam (4-membered cyclic amide) rings is 1. The number of ether oxygens (including phenoxy) is 2. The van der Waals surface area contributed by atoms with Crippen molar-refractivity contribution in [1.29, 1.82) is 0 Å². The maximum atomic E-state index is 12.2. The lowest BCUT2D eigenvalue weighted by atomic mass is 9.90. The molecule has 0 bridgehead atoms. The van der Waals surface area contributed by atoms with Crippen molar-refractivity contribution in [3.05, 3.63) is 59.7 Å². The van der Waals surface area contributed by atoms with Crippen LogP contribution in [0.25, 0.3) is 0 Å². The number of benzene rings is 2. The van der Waals surface area contributed by atoms with Gasteiger partial charge < -0.3 is 19.2 Å². The third-order valence-electron chi connectivity index (χ3n) is 4.33. The van der Waals surface area contributed by atoms with Crippen LogP contribution in [0.5, 0.6) is 11.5 Å². The van der Waals surface area contributed by atoms with Gasteiger partial charge in [-0.15, -0.1) is 0 Å². The van der Waals surface area contributed by atoms with Crippen LogP contribution < -0.4 is 9.47 Å².